The molecule has 0 spiro atoms. The summed E-state index contributed by atoms with van der Waals surface area (Å²) in [6.07, 6.45) is -1.04. The summed E-state index contributed by atoms with van der Waals surface area (Å²) in [5, 5.41) is 18.5. The van der Waals surface area contributed by atoms with E-state index >= 15 is 0 Å². The molecule has 0 bridgehead atoms. The molecular formula is C12H11Cl3N3O3S-. The van der Waals surface area contributed by atoms with Crippen molar-refractivity contribution in [1.29, 1.82) is 0 Å². The van der Waals surface area contributed by atoms with Crippen LogP contribution in [0, 0.1) is 0 Å². The number of aromatic carboxylic acids is 1. The maximum absolute atomic E-state index is 11.1. The summed E-state index contributed by atoms with van der Waals surface area (Å²) < 4.78 is -1.82. The summed E-state index contributed by atoms with van der Waals surface area (Å²) in [6.45, 7) is 1.26. The first-order chi connectivity index (χ1) is 10.1. The van der Waals surface area contributed by atoms with Crippen molar-refractivity contribution in [3.05, 3.63) is 29.8 Å². The van der Waals surface area contributed by atoms with Crippen LogP contribution in [-0.2, 0) is 4.79 Å². The summed E-state index contributed by atoms with van der Waals surface area (Å²) in [6, 6.07) is 5.67. The SMILES string of the molecule is CC(=O)N[C@H](NC(=S)Nc1ccc(C(=O)[O-])cc1)C(Cl)(Cl)Cl. The predicted molar refractivity (Wildman–Crippen MR) is 88.0 cm³/mol. The molecule has 0 saturated carbocycles. The molecule has 1 aromatic carbocycles. The molecule has 1 rings (SSSR count). The van der Waals surface area contributed by atoms with Crippen LogP contribution in [-0.4, -0.2) is 26.9 Å². The Morgan fingerprint density at radius 2 is 1.73 bits per heavy atom. The average Bonchev–Trinajstić information content (AvgIpc) is 2.36. The Balaban J connectivity index is 2.71. The Morgan fingerprint density at radius 1 is 1.18 bits per heavy atom. The largest absolute Gasteiger partial charge is 0.545 e. The zero-order chi connectivity index (χ0) is 16.9. The van der Waals surface area contributed by atoms with E-state index in [9.17, 15) is 14.7 Å². The van der Waals surface area contributed by atoms with Gasteiger partial charge in [0.2, 0.25) is 9.70 Å². The van der Waals surface area contributed by atoms with Gasteiger partial charge in [0.05, 0.1) is 5.97 Å². The van der Waals surface area contributed by atoms with Crippen LogP contribution in [0.1, 0.15) is 17.3 Å². The second kappa shape index (κ2) is 7.82. The van der Waals surface area contributed by atoms with Gasteiger partial charge in [-0.15, -0.1) is 0 Å². The van der Waals surface area contributed by atoms with Crippen molar-refractivity contribution in [2.75, 3.05) is 5.32 Å². The number of hydrogen-bond acceptors (Lipinski definition) is 4. The minimum Gasteiger partial charge on any atom is -0.545 e. The smallest absolute Gasteiger partial charge is 0.228 e. The van der Waals surface area contributed by atoms with Crippen LogP contribution >= 0.6 is 47.0 Å². The molecule has 0 aromatic heterocycles. The van der Waals surface area contributed by atoms with E-state index in [0.717, 1.165) is 0 Å². The molecule has 0 radical (unpaired) electrons. The zero-order valence-corrected chi connectivity index (χ0v) is 14.2. The number of carbonyl (C=O) groups excluding carboxylic acids is 2. The van der Waals surface area contributed by atoms with Gasteiger partial charge in [0.25, 0.3) is 0 Å². The Bertz CT molecular complexity index is 575. The fraction of sp³-hybridized carbons (Fsp3) is 0.250. The van der Waals surface area contributed by atoms with Crippen LogP contribution in [0.3, 0.4) is 0 Å². The summed E-state index contributed by atoms with van der Waals surface area (Å²) in [5.41, 5.74) is 0.537. The fourth-order valence-corrected chi connectivity index (χ4v) is 1.95. The molecule has 10 heteroatoms. The number of carbonyl (C=O) groups is 2. The van der Waals surface area contributed by atoms with Crippen LogP contribution in [0.25, 0.3) is 0 Å². The molecule has 0 heterocycles. The van der Waals surface area contributed by atoms with E-state index in [4.69, 9.17) is 47.0 Å². The second-order valence-corrected chi connectivity index (χ2v) is 6.92. The molecule has 0 fully saturated rings. The Kier molecular flexibility index (Phi) is 6.67. The third-order valence-electron chi connectivity index (χ3n) is 2.33. The van der Waals surface area contributed by atoms with Crippen molar-refractivity contribution in [3.63, 3.8) is 0 Å². The predicted octanol–water partition coefficient (Wildman–Crippen LogP) is 1.17. The van der Waals surface area contributed by atoms with Crippen LogP contribution in [0.15, 0.2) is 24.3 Å². The molecule has 1 aromatic rings. The molecule has 22 heavy (non-hydrogen) atoms. The average molecular weight is 384 g/mol. The van der Waals surface area contributed by atoms with E-state index in [1.54, 1.807) is 0 Å². The number of amides is 1. The van der Waals surface area contributed by atoms with Gasteiger partial charge in [0.1, 0.15) is 6.17 Å². The van der Waals surface area contributed by atoms with Gasteiger partial charge in [0, 0.05) is 12.6 Å². The molecule has 0 aliphatic carbocycles. The number of anilines is 1. The standard InChI is InChI=1S/C12H12Cl3N3O3S/c1-6(19)16-10(12(13,14)15)18-11(22)17-8-4-2-7(3-5-8)9(20)21/h2-5,10H,1H3,(H,16,19)(H,20,21)(H2,17,18,22)/p-1/t10-/m1/s1. The molecule has 0 aliphatic rings. The number of carboxylic acid groups (broad SMARTS) is 1. The highest BCUT2D eigenvalue weighted by atomic mass is 35.6. The lowest BCUT2D eigenvalue weighted by molar-refractivity contribution is -0.255. The Morgan fingerprint density at radius 3 is 2.14 bits per heavy atom. The second-order valence-electron chi connectivity index (χ2n) is 4.14. The van der Waals surface area contributed by atoms with Crippen LogP contribution in [0.2, 0.25) is 0 Å². The molecule has 0 saturated heterocycles. The number of benzene rings is 1. The molecule has 120 valence electrons. The van der Waals surface area contributed by atoms with Crippen molar-refractivity contribution in [3.8, 4) is 0 Å². The first-order valence-corrected chi connectivity index (χ1v) is 7.36. The van der Waals surface area contributed by atoms with Crippen molar-refractivity contribution in [2.45, 2.75) is 16.9 Å². The van der Waals surface area contributed by atoms with Crippen molar-refractivity contribution < 1.29 is 14.7 Å². The molecule has 0 unspecified atom stereocenters. The minimum absolute atomic E-state index is 0.0295. The van der Waals surface area contributed by atoms with E-state index < -0.39 is 21.8 Å². The van der Waals surface area contributed by atoms with Crippen LogP contribution in [0.5, 0.6) is 0 Å². The van der Waals surface area contributed by atoms with Gasteiger partial charge in [0.15, 0.2) is 5.11 Å². The third-order valence-corrected chi connectivity index (χ3v) is 3.20. The lowest BCUT2D eigenvalue weighted by Crippen LogP contribution is -2.55. The number of carboxylic acids is 1. The van der Waals surface area contributed by atoms with Gasteiger partial charge in [-0.3, -0.25) is 4.79 Å². The summed E-state index contributed by atoms with van der Waals surface area (Å²) in [4.78, 5) is 21.7. The molecule has 1 atom stereocenters. The number of alkyl halides is 3. The Labute approximate surface area is 147 Å². The highest BCUT2D eigenvalue weighted by molar-refractivity contribution is 7.80. The summed E-state index contributed by atoms with van der Waals surface area (Å²) in [5.74, 6) is -1.70. The van der Waals surface area contributed by atoms with E-state index in [1.807, 2.05) is 0 Å². The van der Waals surface area contributed by atoms with E-state index in [1.165, 1.54) is 31.2 Å². The lowest BCUT2D eigenvalue weighted by Gasteiger charge is -2.27. The first-order valence-electron chi connectivity index (χ1n) is 5.82. The van der Waals surface area contributed by atoms with E-state index in [2.05, 4.69) is 16.0 Å². The molecule has 0 aliphatic heterocycles. The van der Waals surface area contributed by atoms with Gasteiger partial charge in [-0.25, -0.2) is 0 Å². The lowest BCUT2D eigenvalue weighted by atomic mass is 10.2. The number of hydrogen-bond donors (Lipinski definition) is 3. The fourth-order valence-electron chi connectivity index (χ4n) is 1.39. The monoisotopic (exact) mass is 382 g/mol. The van der Waals surface area contributed by atoms with Crippen LogP contribution in [0.4, 0.5) is 5.69 Å². The Hall–Kier alpha value is -1.28. The highest BCUT2D eigenvalue weighted by Gasteiger charge is 2.33. The number of thiocarbonyl (C=S) groups is 1. The topological polar surface area (TPSA) is 93.3 Å². The maximum Gasteiger partial charge on any atom is 0.228 e. The number of nitrogens with one attached hydrogen (secondary N) is 3. The van der Waals surface area contributed by atoms with Crippen molar-refractivity contribution in [1.82, 2.24) is 10.6 Å². The van der Waals surface area contributed by atoms with Crippen LogP contribution < -0.4 is 21.1 Å². The number of rotatable bonds is 4. The van der Waals surface area contributed by atoms with Crippen molar-refractivity contribution >= 4 is 69.7 Å². The highest BCUT2D eigenvalue weighted by Crippen LogP contribution is 2.29. The van der Waals surface area contributed by atoms with E-state index in [0.29, 0.717) is 5.69 Å². The zero-order valence-electron chi connectivity index (χ0n) is 11.2. The molecule has 3 N–H and O–H groups in total. The van der Waals surface area contributed by atoms with Gasteiger partial charge in [-0.2, -0.15) is 0 Å². The quantitative estimate of drug-likeness (QED) is 0.410. The first kappa shape index (κ1) is 18.8. The van der Waals surface area contributed by atoms with Gasteiger partial charge in [-0.05, 0) is 29.9 Å². The molecule has 1 amide bonds. The molecule has 6 nitrogen and oxygen atoms in total. The summed E-state index contributed by atoms with van der Waals surface area (Å²) >= 11 is 22.3. The van der Waals surface area contributed by atoms with E-state index in [-0.39, 0.29) is 10.7 Å². The normalized spacial score (nSPS) is 12.2. The maximum atomic E-state index is 11.1. The van der Waals surface area contributed by atoms with Gasteiger partial charge >= 0.3 is 0 Å². The van der Waals surface area contributed by atoms with Crippen molar-refractivity contribution in [2.24, 2.45) is 0 Å². The van der Waals surface area contributed by atoms with Gasteiger partial charge < -0.3 is 25.9 Å². The molecular weight excluding hydrogens is 373 g/mol. The third kappa shape index (κ3) is 6.23. The summed E-state index contributed by atoms with van der Waals surface area (Å²) in [7, 11) is 0. The van der Waals surface area contributed by atoms with Gasteiger partial charge in [-0.1, -0.05) is 46.9 Å². The number of halogens is 3. The minimum atomic E-state index is -1.82.